The number of carbonyl (C=O) groups excluding carboxylic acids is 1. The van der Waals surface area contributed by atoms with Crippen molar-refractivity contribution in [1.29, 1.82) is 0 Å². The molecule has 0 bridgehead atoms. The maximum absolute atomic E-state index is 11.7. The Morgan fingerprint density at radius 3 is 3.00 bits per heavy atom. The minimum Gasteiger partial charge on any atom is -0.485 e. The molecule has 1 aromatic rings. The highest BCUT2D eigenvalue weighted by Crippen LogP contribution is 2.31. The van der Waals surface area contributed by atoms with Crippen LogP contribution in [0.25, 0.3) is 6.08 Å². The zero-order valence-corrected chi connectivity index (χ0v) is 9.68. The Labute approximate surface area is 100 Å². The number of ether oxygens (including phenoxy) is 2. The first-order valence-electron chi connectivity index (χ1n) is 5.42. The average Bonchev–Trinajstić information content (AvgIpc) is 2.37. The molecule has 1 heterocycles. The van der Waals surface area contributed by atoms with Crippen LogP contribution in [0.15, 0.2) is 42.5 Å². The van der Waals surface area contributed by atoms with Crippen molar-refractivity contribution in [2.75, 3.05) is 7.11 Å². The molecule has 0 saturated heterocycles. The predicted octanol–water partition coefficient (Wildman–Crippen LogP) is 2.58. The number of esters is 1. The quantitative estimate of drug-likeness (QED) is 0.591. The average molecular weight is 230 g/mol. The molecule has 0 spiro atoms. The van der Waals surface area contributed by atoms with E-state index in [1.165, 1.54) is 7.11 Å². The fourth-order valence-electron chi connectivity index (χ4n) is 1.82. The summed E-state index contributed by atoms with van der Waals surface area (Å²) in [6.45, 7) is 3.67. The number of para-hydroxylation sites is 1. The molecule has 0 radical (unpaired) electrons. The lowest BCUT2D eigenvalue weighted by Crippen LogP contribution is -2.27. The SMILES string of the molecule is C=CCC1Oc2ccccc2C=C1C(=O)OC. The first-order valence-corrected chi connectivity index (χ1v) is 5.42. The summed E-state index contributed by atoms with van der Waals surface area (Å²) >= 11 is 0. The van der Waals surface area contributed by atoms with E-state index in [0.29, 0.717) is 12.0 Å². The Bertz CT molecular complexity index is 474. The zero-order chi connectivity index (χ0) is 12.3. The van der Waals surface area contributed by atoms with Crippen molar-refractivity contribution in [2.24, 2.45) is 0 Å². The summed E-state index contributed by atoms with van der Waals surface area (Å²) < 4.78 is 10.5. The zero-order valence-electron chi connectivity index (χ0n) is 9.68. The number of hydrogen-bond acceptors (Lipinski definition) is 3. The second-order valence-corrected chi connectivity index (χ2v) is 3.76. The molecule has 88 valence electrons. The van der Waals surface area contributed by atoms with Crippen molar-refractivity contribution in [2.45, 2.75) is 12.5 Å². The van der Waals surface area contributed by atoms with Gasteiger partial charge in [0.25, 0.3) is 0 Å². The van der Waals surface area contributed by atoms with E-state index in [0.717, 1.165) is 11.3 Å². The molecule has 1 aliphatic rings. The Kier molecular flexibility index (Phi) is 3.28. The Hall–Kier alpha value is -2.03. The fraction of sp³-hybridized carbons (Fsp3) is 0.214. The third-order valence-electron chi connectivity index (χ3n) is 2.65. The number of benzene rings is 1. The van der Waals surface area contributed by atoms with Crippen LogP contribution in [0, 0.1) is 0 Å². The van der Waals surface area contributed by atoms with Crippen LogP contribution >= 0.6 is 0 Å². The molecule has 1 unspecified atom stereocenters. The summed E-state index contributed by atoms with van der Waals surface area (Å²) in [6, 6.07) is 7.60. The standard InChI is InChI=1S/C14H14O3/c1-3-6-13-11(14(15)16-2)9-10-7-4-5-8-12(10)17-13/h3-5,7-9,13H,1,6H2,2H3. The van der Waals surface area contributed by atoms with E-state index < -0.39 is 0 Å². The van der Waals surface area contributed by atoms with Crippen molar-refractivity contribution >= 4 is 12.0 Å². The summed E-state index contributed by atoms with van der Waals surface area (Å²) in [5, 5.41) is 0. The Balaban J connectivity index is 2.40. The lowest BCUT2D eigenvalue weighted by atomic mass is 9.99. The number of hydrogen-bond donors (Lipinski definition) is 0. The summed E-state index contributed by atoms with van der Waals surface area (Å²) in [6.07, 6.45) is 3.82. The van der Waals surface area contributed by atoms with Gasteiger partial charge in [0, 0.05) is 12.0 Å². The lowest BCUT2D eigenvalue weighted by Gasteiger charge is -2.25. The third kappa shape index (κ3) is 2.23. The van der Waals surface area contributed by atoms with Gasteiger partial charge in [-0.2, -0.15) is 0 Å². The molecule has 1 aliphatic heterocycles. The van der Waals surface area contributed by atoms with Crippen LogP contribution < -0.4 is 4.74 Å². The van der Waals surface area contributed by atoms with E-state index in [9.17, 15) is 4.79 Å². The maximum Gasteiger partial charge on any atom is 0.337 e. The highest BCUT2D eigenvalue weighted by molar-refractivity contribution is 5.96. The molecule has 1 atom stereocenters. The van der Waals surface area contributed by atoms with Gasteiger partial charge < -0.3 is 9.47 Å². The van der Waals surface area contributed by atoms with Crippen LogP contribution in [0.1, 0.15) is 12.0 Å². The van der Waals surface area contributed by atoms with Crippen LogP contribution in [-0.4, -0.2) is 19.2 Å². The molecule has 0 N–H and O–H groups in total. The van der Waals surface area contributed by atoms with E-state index in [-0.39, 0.29) is 12.1 Å². The van der Waals surface area contributed by atoms with E-state index in [4.69, 9.17) is 9.47 Å². The topological polar surface area (TPSA) is 35.5 Å². The smallest absolute Gasteiger partial charge is 0.337 e. The highest BCUT2D eigenvalue weighted by atomic mass is 16.5. The van der Waals surface area contributed by atoms with Gasteiger partial charge in [0.2, 0.25) is 0 Å². The largest absolute Gasteiger partial charge is 0.485 e. The fourth-order valence-corrected chi connectivity index (χ4v) is 1.82. The predicted molar refractivity (Wildman–Crippen MR) is 65.7 cm³/mol. The van der Waals surface area contributed by atoms with Gasteiger partial charge in [0.15, 0.2) is 0 Å². The Morgan fingerprint density at radius 2 is 2.29 bits per heavy atom. The second kappa shape index (κ2) is 4.87. The van der Waals surface area contributed by atoms with Gasteiger partial charge in [-0.1, -0.05) is 24.3 Å². The molecule has 0 fully saturated rings. The van der Waals surface area contributed by atoms with E-state index in [1.807, 2.05) is 30.3 Å². The maximum atomic E-state index is 11.7. The van der Waals surface area contributed by atoms with E-state index in [1.54, 1.807) is 6.08 Å². The third-order valence-corrected chi connectivity index (χ3v) is 2.65. The van der Waals surface area contributed by atoms with Crippen LogP contribution in [0.5, 0.6) is 5.75 Å². The normalized spacial score (nSPS) is 17.5. The molecule has 3 nitrogen and oxygen atoms in total. The minimum atomic E-state index is -0.355. The van der Waals surface area contributed by atoms with Gasteiger partial charge in [-0.25, -0.2) is 4.79 Å². The monoisotopic (exact) mass is 230 g/mol. The van der Waals surface area contributed by atoms with Crippen molar-refractivity contribution in [3.63, 3.8) is 0 Å². The molecule has 17 heavy (non-hydrogen) atoms. The van der Waals surface area contributed by atoms with Gasteiger partial charge >= 0.3 is 5.97 Å². The first kappa shape index (κ1) is 11.5. The van der Waals surface area contributed by atoms with Gasteiger partial charge in [0.05, 0.1) is 12.7 Å². The van der Waals surface area contributed by atoms with Crippen LogP contribution in [0.4, 0.5) is 0 Å². The van der Waals surface area contributed by atoms with Crippen LogP contribution in [0.2, 0.25) is 0 Å². The van der Waals surface area contributed by atoms with Crippen molar-refractivity contribution < 1.29 is 14.3 Å². The first-order chi connectivity index (χ1) is 8.26. The Morgan fingerprint density at radius 1 is 1.53 bits per heavy atom. The minimum absolute atomic E-state index is 0.310. The number of methoxy groups -OCH3 is 1. The van der Waals surface area contributed by atoms with Crippen molar-refractivity contribution in [3.8, 4) is 5.75 Å². The molecule has 1 aromatic carbocycles. The molecule has 0 saturated carbocycles. The summed E-state index contributed by atoms with van der Waals surface area (Å²) in [5.74, 6) is 0.429. The summed E-state index contributed by atoms with van der Waals surface area (Å²) in [7, 11) is 1.37. The van der Waals surface area contributed by atoms with Gasteiger partial charge in [0.1, 0.15) is 11.9 Å². The second-order valence-electron chi connectivity index (χ2n) is 3.76. The highest BCUT2D eigenvalue weighted by Gasteiger charge is 2.27. The lowest BCUT2D eigenvalue weighted by molar-refractivity contribution is -0.137. The van der Waals surface area contributed by atoms with Crippen molar-refractivity contribution in [3.05, 3.63) is 48.1 Å². The van der Waals surface area contributed by atoms with Gasteiger partial charge in [-0.05, 0) is 12.1 Å². The molecule has 3 heteroatoms. The number of fused-ring (bicyclic) bond motifs is 1. The number of carbonyl (C=O) groups is 1. The van der Waals surface area contributed by atoms with E-state index >= 15 is 0 Å². The summed E-state index contributed by atoms with van der Waals surface area (Å²) in [5.41, 5.74) is 1.43. The molecule has 0 amide bonds. The number of rotatable bonds is 3. The van der Waals surface area contributed by atoms with Crippen LogP contribution in [0.3, 0.4) is 0 Å². The van der Waals surface area contributed by atoms with Gasteiger partial charge in [-0.3, -0.25) is 0 Å². The molecule has 2 rings (SSSR count). The van der Waals surface area contributed by atoms with Crippen LogP contribution in [-0.2, 0) is 9.53 Å². The summed E-state index contributed by atoms with van der Waals surface area (Å²) in [4.78, 5) is 11.7. The van der Waals surface area contributed by atoms with E-state index in [2.05, 4.69) is 6.58 Å². The molecule has 0 aliphatic carbocycles. The molecule has 0 aromatic heterocycles. The van der Waals surface area contributed by atoms with Crippen molar-refractivity contribution in [1.82, 2.24) is 0 Å². The molecular weight excluding hydrogens is 216 g/mol. The van der Waals surface area contributed by atoms with Gasteiger partial charge in [-0.15, -0.1) is 6.58 Å². The molecular formula is C14H14O3.